The Bertz CT molecular complexity index is 846. The Morgan fingerprint density at radius 1 is 1.05 bits per heavy atom. The molecule has 0 radical (unpaired) electrons. The second-order valence-electron chi connectivity index (χ2n) is 4.21. The molecule has 0 unspecified atom stereocenters. The Labute approximate surface area is 107 Å². The van der Waals surface area contributed by atoms with Crippen molar-refractivity contribution in [3.63, 3.8) is 0 Å². The van der Waals surface area contributed by atoms with Crippen molar-refractivity contribution in [2.75, 3.05) is 0 Å². The highest BCUT2D eigenvalue weighted by Gasteiger charge is 2.11. The quantitative estimate of drug-likeness (QED) is 0.529. The van der Waals surface area contributed by atoms with E-state index in [9.17, 15) is 0 Å². The van der Waals surface area contributed by atoms with Crippen molar-refractivity contribution in [3.05, 3.63) is 48.4 Å². The first-order valence-electron chi connectivity index (χ1n) is 5.84. The summed E-state index contributed by atoms with van der Waals surface area (Å²) in [6.07, 6.45) is 3.28. The highest BCUT2D eigenvalue weighted by molar-refractivity contribution is 5.86. The molecule has 3 heterocycles. The molecule has 0 N–H and O–H groups in total. The normalized spacial score (nSPS) is 11.4. The van der Waals surface area contributed by atoms with Gasteiger partial charge in [0.15, 0.2) is 5.52 Å². The summed E-state index contributed by atoms with van der Waals surface area (Å²) < 4.78 is 3.40. The minimum Gasteiger partial charge on any atom is -0.238 e. The fraction of sp³-hybridized carbons (Fsp3) is 0.0833. The summed E-state index contributed by atoms with van der Waals surface area (Å²) >= 11 is 0. The Kier molecular flexibility index (Phi) is 2.05. The lowest BCUT2D eigenvalue weighted by atomic mass is 10.2. The Morgan fingerprint density at radius 2 is 1.95 bits per heavy atom. The monoisotopic (exact) mass is 251 g/mol. The summed E-state index contributed by atoms with van der Waals surface area (Å²) in [5, 5.41) is 20.4. The van der Waals surface area contributed by atoms with Gasteiger partial charge in [-0.15, -0.1) is 15.3 Å². The molecule has 7 heteroatoms. The topological polar surface area (TPSA) is 73.8 Å². The van der Waals surface area contributed by atoms with Gasteiger partial charge in [-0.2, -0.15) is 9.61 Å². The molecular weight excluding hydrogens is 242 g/mol. The van der Waals surface area contributed by atoms with Gasteiger partial charge in [-0.3, -0.25) is 0 Å². The van der Waals surface area contributed by atoms with Crippen LogP contribution in [0.25, 0.3) is 16.7 Å². The van der Waals surface area contributed by atoms with Crippen molar-refractivity contribution in [3.8, 4) is 0 Å². The molecule has 92 valence electrons. The van der Waals surface area contributed by atoms with Gasteiger partial charge >= 0.3 is 0 Å². The molecule has 19 heavy (non-hydrogen) atoms. The fourth-order valence-corrected chi connectivity index (χ4v) is 2.07. The van der Waals surface area contributed by atoms with Crippen molar-refractivity contribution < 1.29 is 0 Å². The zero-order valence-electron chi connectivity index (χ0n) is 9.88. The summed E-state index contributed by atoms with van der Waals surface area (Å²) in [7, 11) is 0. The zero-order valence-corrected chi connectivity index (χ0v) is 9.88. The molecule has 3 aromatic heterocycles. The van der Waals surface area contributed by atoms with Gasteiger partial charge in [-0.1, -0.05) is 35.5 Å². The molecule has 0 saturated heterocycles. The molecule has 0 spiro atoms. The molecule has 0 fully saturated rings. The van der Waals surface area contributed by atoms with Gasteiger partial charge < -0.3 is 0 Å². The van der Waals surface area contributed by atoms with Gasteiger partial charge in [0, 0.05) is 0 Å². The Balaban J connectivity index is 1.87. The van der Waals surface area contributed by atoms with Crippen LogP contribution in [0.1, 0.15) is 5.56 Å². The van der Waals surface area contributed by atoms with Crippen molar-refractivity contribution in [1.82, 2.24) is 34.8 Å². The summed E-state index contributed by atoms with van der Waals surface area (Å²) in [5.74, 6) is 0. The number of hydrogen-bond donors (Lipinski definition) is 0. The van der Waals surface area contributed by atoms with Crippen LogP contribution in [0.3, 0.4) is 0 Å². The largest absolute Gasteiger partial charge is 0.238 e. The molecule has 0 aliphatic heterocycles. The van der Waals surface area contributed by atoms with E-state index in [0.29, 0.717) is 17.7 Å². The van der Waals surface area contributed by atoms with Crippen LogP contribution in [0.5, 0.6) is 0 Å². The van der Waals surface area contributed by atoms with Crippen LogP contribution >= 0.6 is 0 Å². The minimum atomic E-state index is 0.622. The number of benzene rings is 1. The fourth-order valence-electron chi connectivity index (χ4n) is 2.07. The molecule has 1 aromatic carbocycles. The molecular formula is C12H9N7. The van der Waals surface area contributed by atoms with Crippen LogP contribution < -0.4 is 0 Å². The molecule has 4 rings (SSSR count). The van der Waals surface area contributed by atoms with E-state index in [1.165, 1.54) is 0 Å². The zero-order chi connectivity index (χ0) is 12.7. The number of hydrogen-bond acceptors (Lipinski definition) is 5. The molecule has 0 bridgehead atoms. The number of rotatable bonds is 2. The van der Waals surface area contributed by atoms with E-state index in [2.05, 4.69) is 37.7 Å². The molecule has 0 aliphatic carbocycles. The SMILES string of the molecule is c1ccc(Cn2nnc3c2cnn2cnnc32)cc1. The van der Waals surface area contributed by atoms with E-state index in [1.807, 2.05) is 22.9 Å². The van der Waals surface area contributed by atoms with Gasteiger partial charge in [0.2, 0.25) is 5.65 Å². The van der Waals surface area contributed by atoms with E-state index in [-0.39, 0.29) is 0 Å². The van der Waals surface area contributed by atoms with Gasteiger partial charge in [0.1, 0.15) is 11.8 Å². The predicted octanol–water partition coefficient (Wildman–Crippen LogP) is 0.917. The average Bonchev–Trinajstić information content (AvgIpc) is 3.06. The standard InChI is InChI=1S/C12H9N7/c1-2-4-9(5-3-1)7-18-10-6-14-19-8-13-16-12(19)11(10)15-17-18/h1-6,8H,7H2. The van der Waals surface area contributed by atoms with Crippen LogP contribution in [-0.4, -0.2) is 34.8 Å². The van der Waals surface area contributed by atoms with E-state index < -0.39 is 0 Å². The summed E-state index contributed by atoms with van der Waals surface area (Å²) in [5.41, 5.74) is 3.35. The number of fused-ring (bicyclic) bond motifs is 3. The summed E-state index contributed by atoms with van der Waals surface area (Å²) in [4.78, 5) is 0. The third-order valence-electron chi connectivity index (χ3n) is 3.00. The van der Waals surface area contributed by atoms with E-state index in [4.69, 9.17) is 0 Å². The maximum absolute atomic E-state index is 4.23. The lowest BCUT2D eigenvalue weighted by molar-refractivity contribution is 0.669. The van der Waals surface area contributed by atoms with Gasteiger partial charge in [-0.05, 0) is 5.56 Å². The van der Waals surface area contributed by atoms with Crippen LogP contribution in [0.4, 0.5) is 0 Å². The van der Waals surface area contributed by atoms with Crippen LogP contribution in [0, 0.1) is 0 Å². The Hall–Kier alpha value is -2.83. The molecule has 0 aliphatic rings. The van der Waals surface area contributed by atoms with Crippen molar-refractivity contribution >= 4 is 16.7 Å². The first-order valence-corrected chi connectivity index (χ1v) is 5.84. The molecule has 4 aromatic rings. The van der Waals surface area contributed by atoms with E-state index in [0.717, 1.165) is 11.1 Å². The molecule has 0 saturated carbocycles. The minimum absolute atomic E-state index is 0.622. The van der Waals surface area contributed by atoms with Crippen molar-refractivity contribution in [1.29, 1.82) is 0 Å². The van der Waals surface area contributed by atoms with E-state index in [1.54, 1.807) is 17.0 Å². The first-order chi connectivity index (χ1) is 9.42. The number of nitrogens with zero attached hydrogens (tertiary/aromatic N) is 7. The summed E-state index contributed by atoms with van der Waals surface area (Å²) in [6.45, 7) is 0.656. The molecule has 7 nitrogen and oxygen atoms in total. The van der Waals surface area contributed by atoms with Gasteiger partial charge in [-0.25, -0.2) is 4.68 Å². The van der Waals surface area contributed by atoms with Crippen LogP contribution in [0.15, 0.2) is 42.9 Å². The molecule has 0 atom stereocenters. The lowest BCUT2D eigenvalue weighted by Gasteiger charge is -2.01. The van der Waals surface area contributed by atoms with Crippen LogP contribution in [0.2, 0.25) is 0 Å². The maximum atomic E-state index is 4.23. The highest BCUT2D eigenvalue weighted by Crippen LogP contribution is 2.14. The van der Waals surface area contributed by atoms with Crippen molar-refractivity contribution in [2.45, 2.75) is 6.54 Å². The summed E-state index contributed by atoms with van der Waals surface area (Å²) in [6, 6.07) is 10.1. The van der Waals surface area contributed by atoms with E-state index >= 15 is 0 Å². The third-order valence-corrected chi connectivity index (χ3v) is 3.00. The predicted molar refractivity (Wildman–Crippen MR) is 67.4 cm³/mol. The second-order valence-corrected chi connectivity index (χ2v) is 4.21. The number of aromatic nitrogens is 7. The Morgan fingerprint density at radius 3 is 2.84 bits per heavy atom. The highest BCUT2D eigenvalue weighted by atomic mass is 15.4. The first kappa shape index (κ1) is 10.1. The maximum Gasteiger partial charge on any atom is 0.207 e. The van der Waals surface area contributed by atoms with Gasteiger partial charge in [0.05, 0.1) is 12.7 Å². The van der Waals surface area contributed by atoms with Crippen LogP contribution in [-0.2, 0) is 6.54 Å². The van der Waals surface area contributed by atoms with Gasteiger partial charge in [0.25, 0.3) is 0 Å². The molecule has 0 amide bonds. The smallest absolute Gasteiger partial charge is 0.207 e. The van der Waals surface area contributed by atoms with Crippen molar-refractivity contribution in [2.24, 2.45) is 0 Å². The third kappa shape index (κ3) is 1.55. The lowest BCUT2D eigenvalue weighted by Crippen LogP contribution is -2.02. The second kappa shape index (κ2) is 3.84. The average molecular weight is 251 g/mol.